The van der Waals surface area contributed by atoms with E-state index in [0.29, 0.717) is 6.54 Å². The minimum Gasteiger partial charge on any atom is -0.329 e. The number of non-ortho nitro benzene ring substituents is 1. The number of rotatable bonds is 5. The Morgan fingerprint density at radius 2 is 1.76 bits per heavy atom. The first-order valence-electron chi connectivity index (χ1n) is 7.74. The van der Waals surface area contributed by atoms with E-state index < -0.39 is 0 Å². The summed E-state index contributed by atoms with van der Waals surface area (Å²) in [6, 6.07) is 6.86. The summed E-state index contributed by atoms with van der Waals surface area (Å²) in [5.74, 6) is 0. The Morgan fingerprint density at radius 1 is 1.19 bits per heavy atom. The Labute approximate surface area is 126 Å². The maximum absolute atomic E-state index is 10.7. The van der Waals surface area contributed by atoms with Gasteiger partial charge in [-0.25, -0.2) is 0 Å². The molecule has 5 heteroatoms. The van der Waals surface area contributed by atoms with Gasteiger partial charge >= 0.3 is 0 Å². The summed E-state index contributed by atoms with van der Waals surface area (Å²) in [5.41, 5.74) is 7.25. The average Bonchev–Trinajstić information content (AvgIpc) is 2.77. The third kappa shape index (κ3) is 4.02. The van der Waals surface area contributed by atoms with Gasteiger partial charge in [0.2, 0.25) is 0 Å². The van der Waals surface area contributed by atoms with Crippen molar-refractivity contribution in [1.29, 1.82) is 0 Å². The first-order valence-corrected chi connectivity index (χ1v) is 7.74. The molecule has 1 aliphatic heterocycles. The molecule has 1 unspecified atom stereocenters. The van der Waals surface area contributed by atoms with Crippen LogP contribution in [0.4, 0.5) is 5.69 Å². The Bertz CT molecular complexity index is 467. The molecule has 1 aliphatic rings. The van der Waals surface area contributed by atoms with Crippen molar-refractivity contribution >= 4 is 5.69 Å². The Hall–Kier alpha value is -1.46. The van der Waals surface area contributed by atoms with Gasteiger partial charge in [0.1, 0.15) is 0 Å². The molecule has 0 radical (unpaired) electrons. The molecular formula is C16H25N3O2. The van der Waals surface area contributed by atoms with Crippen molar-refractivity contribution in [3.05, 3.63) is 39.9 Å². The smallest absolute Gasteiger partial charge is 0.269 e. The zero-order chi connectivity index (χ0) is 15.3. The summed E-state index contributed by atoms with van der Waals surface area (Å²) in [7, 11) is 0. The molecule has 0 amide bonds. The Kier molecular flexibility index (Phi) is 5.31. The summed E-state index contributed by atoms with van der Waals surface area (Å²) in [4.78, 5) is 12.9. The van der Waals surface area contributed by atoms with Crippen LogP contribution in [0.1, 0.15) is 38.2 Å². The zero-order valence-corrected chi connectivity index (χ0v) is 12.8. The van der Waals surface area contributed by atoms with Crippen LogP contribution in [0.15, 0.2) is 24.3 Å². The summed E-state index contributed by atoms with van der Waals surface area (Å²) in [5, 5.41) is 10.7. The fourth-order valence-corrected chi connectivity index (χ4v) is 3.10. The third-order valence-electron chi connectivity index (χ3n) is 4.54. The lowest BCUT2D eigenvalue weighted by Crippen LogP contribution is -2.53. The second-order valence-corrected chi connectivity index (χ2v) is 6.20. The minimum absolute atomic E-state index is 0.0690. The molecule has 0 spiro atoms. The van der Waals surface area contributed by atoms with Crippen molar-refractivity contribution in [1.82, 2.24) is 4.90 Å². The van der Waals surface area contributed by atoms with E-state index in [9.17, 15) is 10.1 Å². The van der Waals surface area contributed by atoms with Gasteiger partial charge in [0, 0.05) is 24.2 Å². The number of hydrogen-bond donors (Lipinski definition) is 1. The second kappa shape index (κ2) is 7.00. The maximum atomic E-state index is 10.7. The van der Waals surface area contributed by atoms with E-state index in [-0.39, 0.29) is 16.1 Å². The lowest BCUT2D eigenvalue weighted by atomic mass is 9.90. The van der Waals surface area contributed by atoms with E-state index in [0.717, 1.165) is 25.1 Å². The van der Waals surface area contributed by atoms with Crippen molar-refractivity contribution in [3.8, 4) is 0 Å². The van der Waals surface area contributed by atoms with Crippen molar-refractivity contribution in [2.75, 3.05) is 19.6 Å². The fourth-order valence-electron chi connectivity index (χ4n) is 3.10. The van der Waals surface area contributed by atoms with Gasteiger partial charge in [0.15, 0.2) is 0 Å². The van der Waals surface area contributed by atoms with Crippen LogP contribution < -0.4 is 5.73 Å². The Morgan fingerprint density at radius 3 is 2.24 bits per heavy atom. The highest BCUT2D eigenvalue weighted by Crippen LogP contribution is 2.24. The van der Waals surface area contributed by atoms with E-state index in [1.165, 1.54) is 25.7 Å². The monoisotopic (exact) mass is 291 g/mol. The molecular weight excluding hydrogens is 266 g/mol. The van der Waals surface area contributed by atoms with Crippen LogP contribution in [-0.2, 0) is 6.42 Å². The lowest BCUT2D eigenvalue weighted by Gasteiger charge is -2.40. The van der Waals surface area contributed by atoms with Gasteiger partial charge in [0.25, 0.3) is 5.69 Å². The molecule has 1 aromatic carbocycles. The highest BCUT2D eigenvalue weighted by molar-refractivity contribution is 5.33. The van der Waals surface area contributed by atoms with Gasteiger partial charge in [-0.15, -0.1) is 0 Å². The van der Waals surface area contributed by atoms with E-state index >= 15 is 0 Å². The van der Waals surface area contributed by atoms with Gasteiger partial charge < -0.3 is 5.73 Å². The number of likely N-dealkylation sites (tertiary alicyclic amines) is 1. The van der Waals surface area contributed by atoms with Crippen LogP contribution in [0.3, 0.4) is 0 Å². The van der Waals surface area contributed by atoms with E-state index in [4.69, 9.17) is 5.73 Å². The molecule has 0 bridgehead atoms. The van der Waals surface area contributed by atoms with Crippen LogP contribution in [0.25, 0.3) is 0 Å². The molecule has 1 heterocycles. The van der Waals surface area contributed by atoms with Crippen molar-refractivity contribution < 1.29 is 4.92 Å². The number of nitro groups is 1. The van der Waals surface area contributed by atoms with Crippen molar-refractivity contribution in [2.45, 2.75) is 44.6 Å². The first kappa shape index (κ1) is 15.9. The predicted octanol–water partition coefficient (Wildman–Crippen LogP) is 2.73. The SMILES string of the molecule is CC(CN)(Cc1ccc([N+](=O)[O-])cc1)N1CCCCCC1. The molecule has 1 fully saturated rings. The summed E-state index contributed by atoms with van der Waals surface area (Å²) in [6.45, 7) is 5.01. The molecule has 5 nitrogen and oxygen atoms in total. The highest BCUT2D eigenvalue weighted by atomic mass is 16.6. The van der Waals surface area contributed by atoms with Gasteiger partial charge in [-0.05, 0) is 44.8 Å². The lowest BCUT2D eigenvalue weighted by molar-refractivity contribution is -0.384. The summed E-state index contributed by atoms with van der Waals surface area (Å²) < 4.78 is 0. The summed E-state index contributed by atoms with van der Waals surface area (Å²) in [6.07, 6.45) is 5.90. The fraction of sp³-hybridized carbons (Fsp3) is 0.625. The average molecular weight is 291 g/mol. The Balaban J connectivity index is 2.10. The molecule has 1 atom stereocenters. The predicted molar refractivity (Wildman–Crippen MR) is 84.3 cm³/mol. The normalized spacial score (nSPS) is 19.7. The second-order valence-electron chi connectivity index (χ2n) is 6.20. The first-order chi connectivity index (χ1) is 10.0. The number of nitro benzene ring substituents is 1. The molecule has 1 saturated heterocycles. The molecule has 2 N–H and O–H groups in total. The topological polar surface area (TPSA) is 72.4 Å². The molecule has 2 rings (SSSR count). The van der Waals surface area contributed by atoms with Gasteiger partial charge in [0.05, 0.1) is 4.92 Å². The van der Waals surface area contributed by atoms with Crippen molar-refractivity contribution in [2.24, 2.45) is 5.73 Å². The molecule has 116 valence electrons. The van der Waals surface area contributed by atoms with Gasteiger partial charge in [-0.3, -0.25) is 15.0 Å². The standard InChI is InChI=1S/C16H25N3O2/c1-16(13-17,18-10-4-2-3-5-11-18)12-14-6-8-15(9-7-14)19(20)21/h6-9H,2-5,10-13,17H2,1H3. The number of hydrogen-bond acceptors (Lipinski definition) is 4. The minimum atomic E-state index is -0.360. The molecule has 1 aromatic rings. The molecule has 0 aromatic heterocycles. The van der Waals surface area contributed by atoms with Gasteiger partial charge in [-0.1, -0.05) is 25.0 Å². The number of nitrogens with two attached hydrogens (primary N) is 1. The zero-order valence-electron chi connectivity index (χ0n) is 12.8. The summed E-state index contributed by atoms with van der Waals surface area (Å²) >= 11 is 0. The van der Waals surface area contributed by atoms with Crippen molar-refractivity contribution in [3.63, 3.8) is 0 Å². The molecule has 0 saturated carbocycles. The van der Waals surface area contributed by atoms with E-state index in [1.54, 1.807) is 12.1 Å². The van der Waals surface area contributed by atoms with Crippen LogP contribution >= 0.6 is 0 Å². The highest BCUT2D eigenvalue weighted by Gasteiger charge is 2.31. The molecule has 21 heavy (non-hydrogen) atoms. The van der Waals surface area contributed by atoms with Crippen LogP contribution in [-0.4, -0.2) is 35.0 Å². The van der Waals surface area contributed by atoms with Crippen LogP contribution in [0.2, 0.25) is 0 Å². The van der Waals surface area contributed by atoms with E-state index in [2.05, 4.69) is 11.8 Å². The number of nitrogens with zero attached hydrogens (tertiary/aromatic N) is 2. The molecule has 0 aliphatic carbocycles. The third-order valence-corrected chi connectivity index (χ3v) is 4.54. The van der Waals surface area contributed by atoms with E-state index in [1.807, 2.05) is 12.1 Å². The largest absolute Gasteiger partial charge is 0.329 e. The maximum Gasteiger partial charge on any atom is 0.269 e. The van der Waals surface area contributed by atoms with Crippen LogP contribution in [0.5, 0.6) is 0 Å². The van der Waals surface area contributed by atoms with Gasteiger partial charge in [-0.2, -0.15) is 0 Å². The number of benzene rings is 1. The van der Waals surface area contributed by atoms with Crippen LogP contribution in [0, 0.1) is 10.1 Å². The quantitative estimate of drug-likeness (QED) is 0.669.